The smallest absolute Gasteiger partial charge is 0.188 e. The van der Waals surface area contributed by atoms with Crippen LogP contribution in [0.15, 0.2) is 23.3 Å². The highest BCUT2D eigenvalue weighted by atomic mass is 127. The molecule has 6 heteroatoms. The maximum atomic E-state index is 5.53. The summed E-state index contributed by atoms with van der Waals surface area (Å²) in [4.78, 5) is 10.0. The lowest BCUT2D eigenvalue weighted by molar-refractivity contribution is 0.894. The molecule has 0 bridgehead atoms. The van der Waals surface area contributed by atoms with Crippen LogP contribution in [0.2, 0.25) is 0 Å². The molecule has 5 nitrogen and oxygen atoms in total. The lowest BCUT2D eigenvalue weighted by atomic mass is 10.2. The number of nitrogens with zero attached hydrogens (tertiary/aromatic N) is 3. The van der Waals surface area contributed by atoms with E-state index < -0.39 is 0 Å². The number of hydrogen-bond acceptors (Lipinski definition) is 3. The van der Waals surface area contributed by atoms with Gasteiger partial charge in [0.2, 0.25) is 0 Å². The van der Waals surface area contributed by atoms with Gasteiger partial charge in [-0.05, 0) is 17.7 Å². The zero-order valence-electron chi connectivity index (χ0n) is 9.77. The standard InChI is InChI=1S/C10H17N5.HI/c1-12-10(11)14-7-8-4-5-13-9(6-8)15(2)3;/h4-6H,7H2,1-3H3,(H3,11,12,14);1H. The van der Waals surface area contributed by atoms with Gasteiger partial charge in [-0.25, -0.2) is 4.98 Å². The summed E-state index contributed by atoms with van der Waals surface area (Å²) in [6, 6.07) is 3.96. The maximum Gasteiger partial charge on any atom is 0.188 e. The zero-order chi connectivity index (χ0) is 11.3. The molecule has 0 aliphatic rings. The van der Waals surface area contributed by atoms with Gasteiger partial charge in [0, 0.05) is 33.9 Å². The van der Waals surface area contributed by atoms with Gasteiger partial charge in [-0.1, -0.05) is 0 Å². The van der Waals surface area contributed by atoms with Crippen LogP contribution < -0.4 is 16.0 Å². The quantitative estimate of drug-likeness (QED) is 0.487. The average Bonchev–Trinajstić information content (AvgIpc) is 2.26. The van der Waals surface area contributed by atoms with Gasteiger partial charge >= 0.3 is 0 Å². The predicted molar refractivity (Wildman–Crippen MR) is 78.4 cm³/mol. The molecule has 0 unspecified atom stereocenters. The Morgan fingerprint density at radius 3 is 2.81 bits per heavy atom. The van der Waals surface area contributed by atoms with Gasteiger partial charge in [-0.2, -0.15) is 0 Å². The predicted octanol–water partition coefficient (Wildman–Crippen LogP) is 0.800. The number of guanidine groups is 1. The highest BCUT2D eigenvalue weighted by Crippen LogP contribution is 2.08. The molecule has 16 heavy (non-hydrogen) atoms. The summed E-state index contributed by atoms with van der Waals surface area (Å²) in [5, 5.41) is 3.00. The van der Waals surface area contributed by atoms with Crippen molar-refractivity contribution in [2.24, 2.45) is 10.7 Å². The van der Waals surface area contributed by atoms with Gasteiger partial charge in [0.25, 0.3) is 0 Å². The molecular formula is C10H18IN5. The molecular weight excluding hydrogens is 317 g/mol. The molecule has 0 aromatic carbocycles. The molecule has 3 N–H and O–H groups in total. The van der Waals surface area contributed by atoms with Crippen molar-refractivity contribution in [3.63, 3.8) is 0 Å². The van der Waals surface area contributed by atoms with Crippen LogP contribution >= 0.6 is 24.0 Å². The number of pyridine rings is 1. The minimum atomic E-state index is 0. The second kappa shape index (κ2) is 7.26. The van der Waals surface area contributed by atoms with E-state index in [0.717, 1.165) is 11.4 Å². The van der Waals surface area contributed by atoms with E-state index in [2.05, 4.69) is 15.3 Å². The SMILES string of the molecule is CN=C(N)NCc1ccnc(N(C)C)c1.I. The van der Waals surface area contributed by atoms with Crippen LogP contribution in [0.5, 0.6) is 0 Å². The minimum absolute atomic E-state index is 0. The van der Waals surface area contributed by atoms with Gasteiger partial charge < -0.3 is 16.0 Å². The Hall–Kier alpha value is -1.05. The van der Waals surface area contributed by atoms with E-state index in [-0.39, 0.29) is 24.0 Å². The molecule has 0 amide bonds. The zero-order valence-corrected chi connectivity index (χ0v) is 12.1. The molecule has 1 aromatic rings. The summed E-state index contributed by atoms with van der Waals surface area (Å²) in [5.74, 6) is 1.37. The first-order chi connectivity index (χ1) is 7.13. The van der Waals surface area contributed by atoms with Crippen LogP contribution in [-0.4, -0.2) is 32.1 Å². The fourth-order valence-electron chi connectivity index (χ4n) is 1.09. The van der Waals surface area contributed by atoms with E-state index in [9.17, 15) is 0 Å². The van der Waals surface area contributed by atoms with Crippen LogP contribution in [0.4, 0.5) is 5.82 Å². The Balaban J connectivity index is 0.00000225. The highest BCUT2D eigenvalue weighted by Gasteiger charge is 1.99. The molecule has 0 radical (unpaired) electrons. The van der Waals surface area contributed by atoms with E-state index in [0.29, 0.717) is 12.5 Å². The molecule has 0 saturated carbocycles. The van der Waals surface area contributed by atoms with Crippen molar-refractivity contribution < 1.29 is 0 Å². The van der Waals surface area contributed by atoms with Crippen molar-refractivity contribution in [3.8, 4) is 0 Å². The molecule has 0 atom stereocenters. The summed E-state index contributed by atoms with van der Waals surface area (Å²) < 4.78 is 0. The third-order valence-corrected chi connectivity index (χ3v) is 1.98. The summed E-state index contributed by atoms with van der Waals surface area (Å²) >= 11 is 0. The fourth-order valence-corrected chi connectivity index (χ4v) is 1.09. The number of nitrogens with one attached hydrogen (secondary N) is 1. The number of halogens is 1. The lowest BCUT2D eigenvalue weighted by Crippen LogP contribution is -2.30. The number of hydrogen-bond donors (Lipinski definition) is 2. The van der Waals surface area contributed by atoms with Crippen molar-refractivity contribution in [1.82, 2.24) is 10.3 Å². The van der Waals surface area contributed by atoms with E-state index in [1.807, 2.05) is 31.1 Å². The third kappa shape index (κ3) is 4.65. The van der Waals surface area contributed by atoms with Crippen molar-refractivity contribution in [2.45, 2.75) is 6.54 Å². The van der Waals surface area contributed by atoms with Crippen molar-refractivity contribution in [1.29, 1.82) is 0 Å². The molecule has 90 valence electrons. The topological polar surface area (TPSA) is 66.5 Å². The Morgan fingerprint density at radius 2 is 2.25 bits per heavy atom. The van der Waals surface area contributed by atoms with Gasteiger partial charge in [0.15, 0.2) is 5.96 Å². The van der Waals surface area contributed by atoms with Crippen LogP contribution in [0.3, 0.4) is 0 Å². The lowest BCUT2D eigenvalue weighted by Gasteiger charge is -2.12. The third-order valence-electron chi connectivity index (χ3n) is 1.98. The van der Waals surface area contributed by atoms with Crippen molar-refractivity contribution >= 4 is 35.8 Å². The van der Waals surface area contributed by atoms with Crippen LogP contribution in [0.25, 0.3) is 0 Å². The maximum absolute atomic E-state index is 5.53. The number of nitrogens with two attached hydrogens (primary N) is 1. The number of anilines is 1. The average molecular weight is 335 g/mol. The van der Waals surface area contributed by atoms with E-state index in [1.165, 1.54) is 0 Å². The molecule has 1 aromatic heterocycles. The Morgan fingerprint density at radius 1 is 1.56 bits per heavy atom. The first-order valence-corrected chi connectivity index (χ1v) is 4.72. The number of rotatable bonds is 3. The van der Waals surface area contributed by atoms with Crippen LogP contribution in [0, 0.1) is 0 Å². The normalized spacial score (nSPS) is 10.6. The fraction of sp³-hybridized carbons (Fsp3) is 0.400. The Bertz CT molecular complexity index is 351. The first-order valence-electron chi connectivity index (χ1n) is 4.72. The molecule has 1 heterocycles. The number of aliphatic imine (C=N–C) groups is 1. The largest absolute Gasteiger partial charge is 0.370 e. The molecule has 0 saturated heterocycles. The highest BCUT2D eigenvalue weighted by molar-refractivity contribution is 14.0. The molecule has 0 fully saturated rings. The second-order valence-electron chi connectivity index (χ2n) is 3.38. The summed E-state index contributed by atoms with van der Waals surface area (Å²) in [6.07, 6.45) is 1.78. The van der Waals surface area contributed by atoms with Crippen LogP contribution in [0.1, 0.15) is 5.56 Å². The Kier molecular flexibility index (Phi) is 6.78. The van der Waals surface area contributed by atoms with Crippen LogP contribution in [-0.2, 0) is 6.54 Å². The summed E-state index contributed by atoms with van der Waals surface area (Å²) in [5.41, 5.74) is 6.66. The van der Waals surface area contributed by atoms with E-state index in [1.54, 1.807) is 13.2 Å². The van der Waals surface area contributed by atoms with Gasteiger partial charge in [0.05, 0.1) is 0 Å². The summed E-state index contributed by atoms with van der Waals surface area (Å²) in [7, 11) is 5.57. The van der Waals surface area contributed by atoms with Gasteiger partial charge in [0.1, 0.15) is 5.82 Å². The van der Waals surface area contributed by atoms with Gasteiger partial charge in [-0.15, -0.1) is 24.0 Å². The number of aromatic nitrogens is 1. The monoisotopic (exact) mass is 335 g/mol. The first kappa shape index (κ1) is 14.9. The van der Waals surface area contributed by atoms with Gasteiger partial charge in [-0.3, -0.25) is 4.99 Å². The van der Waals surface area contributed by atoms with Crippen molar-refractivity contribution in [2.75, 3.05) is 26.0 Å². The Labute approximate surface area is 113 Å². The minimum Gasteiger partial charge on any atom is -0.370 e. The van der Waals surface area contributed by atoms with E-state index >= 15 is 0 Å². The molecule has 0 spiro atoms. The van der Waals surface area contributed by atoms with Crippen molar-refractivity contribution in [3.05, 3.63) is 23.9 Å². The second-order valence-corrected chi connectivity index (χ2v) is 3.38. The molecule has 0 aliphatic carbocycles. The summed E-state index contributed by atoms with van der Waals surface area (Å²) in [6.45, 7) is 0.659. The van der Waals surface area contributed by atoms with E-state index in [4.69, 9.17) is 5.73 Å². The molecule has 0 aliphatic heterocycles. The molecule has 1 rings (SSSR count).